The third-order valence-electron chi connectivity index (χ3n) is 2.89. The molecule has 0 radical (unpaired) electrons. The van der Waals surface area contributed by atoms with Gasteiger partial charge in [-0.1, -0.05) is 13.3 Å². The molecule has 4 N–H and O–H groups in total. The molecule has 4 nitrogen and oxygen atoms in total. The van der Waals surface area contributed by atoms with Crippen molar-refractivity contribution < 1.29 is 0 Å². The highest BCUT2D eigenvalue weighted by molar-refractivity contribution is 5.80. The molecule has 0 aromatic carbocycles. The summed E-state index contributed by atoms with van der Waals surface area (Å²) in [7, 11) is 0. The second-order valence-electron chi connectivity index (χ2n) is 4.39. The Balaban J connectivity index is 1.76. The molecule has 0 saturated heterocycles. The monoisotopic (exact) mass is 196 g/mol. The van der Waals surface area contributed by atoms with Crippen molar-refractivity contribution in [1.82, 2.24) is 10.7 Å². The fourth-order valence-corrected chi connectivity index (χ4v) is 1.77. The van der Waals surface area contributed by atoms with Crippen molar-refractivity contribution in [2.45, 2.75) is 51.1 Å². The molecule has 14 heavy (non-hydrogen) atoms. The third kappa shape index (κ3) is 2.61. The Morgan fingerprint density at radius 3 is 2.86 bits per heavy atom. The van der Waals surface area contributed by atoms with Gasteiger partial charge in [-0.2, -0.15) is 0 Å². The largest absolute Gasteiger partial charge is 0.353 e. The van der Waals surface area contributed by atoms with E-state index >= 15 is 0 Å². The van der Waals surface area contributed by atoms with E-state index < -0.39 is 0 Å². The van der Waals surface area contributed by atoms with Crippen LogP contribution < -0.4 is 16.6 Å². The minimum Gasteiger partial charge on any atom is -0.353 e. The van der Waals surface area contributed by atoms with Gasteiger partial charge in [0.05, 0.1) is 6.04 Å². The lowest BCUT2D eigenvalue weighted by Crippen LogP contribution is -2.42. The van der Waals surface area contributed by atoms with Crippen molar-refractivity contribution >= 4 is 5.96 Å². The lowest BCUT2D eigenvalue weighted by atomic mass is 10.2. The number of nitrogens with one attached hydrogen (secondary N) is 2. The van der Waals surface area contributed by atoms with E-state index in [0.29, 0.717) is 12.1 Å². The lowest BCUT2D eigenvalue weighted by molar-refractivity contribution is 0.679. The summed E-state index contributed by atoms with van der Waals surface area (Å²) in [6.45, 7) is 2.23. The smallest absolute Gasteiger partial charge is 0.206 e. The van der Waals surface area contributed by atoms with Crippen LogP contribution in [-0.2, 0) is 0 Å². The maximum Gasteiger partial charge on any atom is 0.206 e. The van der Waals surface area contributed by atoms with E-state index in [9.17, 15) is 0 Å². The topological polar surface area (TPSA) is 62.4 Å². The summed E-state index contributed by atoms with van der Waals surface area (Å²) in [4.78, 5) is 4.56. The molecule has 0 aliphatic heterocycles. The van der Waals surface area contributed by atoms with Gasteiger partial charge in [-0.25, -0.2) is 10.8 Å². The van der Waals surface area contributed by atoms with Crippen LogP contribution in [0.1, 0.15) is 39.0 Å². The molecule has 0 bridgehead atoms. The van der Waals surface area contributed by atoms with Crippen LogP contribution in [0.2, 0.25) is 0 Å². The summed E-state index contributed by atoms with van der Waals surface area (Å²) >= 11 is 0. The van der Waals surface area contributed by atoms with Crippen LogP contribution in [0.15, 0.2) is 4.99 Å². The first-order valence-electron chi connectivity index (χ1n) is 5.64. The van der Waals surface area contributed by atoms with E-state index in [0.717, 1.165) is 11.9 Å². The Morgan fingerprint density at radius 2 is 2.29 bits per heavy atom. The van der Waals surface area contributed by atoms with E-state index in [4.69, 9.17) is 5.84 Å². The van der Waals surface area contributed by atoms with Crippen molar-refractivity contribution in [3.8, 4) is 0 Å². The van der Waals surface area contributed by atoms with Crippen molar-refractivity contribution in [3.05, 3.63) is 0 Å². The van der Waals surface area contributed by atoms with Crippen LogP contribution in [0.5, 0.6) is 0 Å². The molecule has 2 aliphatic rings. The van der Waals surface area contributed by atoms with Gasteiger partial charge in [0.25, 0.3) is 0 Å². The lowest BCUT2D eigenvalue weighted by Gasteiger charge is -2.07. The average Bonchev–Trinajstić information content (AvgIpc) is 3.04. The average molecular weight is 196 g/mol. The first kappa shape index (κ1) is 9.77. The van der Waals surface area contributed by atoms with Gasteiger partial charge in [-0.05, 0) is 31.6 Å². The zero-order chi connectivity index (χ0) is 9.97. The molecule has 2 unspecified atom stereocenters. The van der Waals surface area contributed by atoms with Gasteiger partial charge in [0.2, 0.25) is 5.96 Å². The molecule has 2 atom stereocenters. The number of aliphatic imine (C=N–C) groups is 1. The SMILES string of the molecule is CCCC1CC1N=C(NN)NC1CC1. The molecule has 2 rings (SSSR count). The number of hydrogen-bond acceptors (Lipinski definition) is 2. The number of hydrazine groups is 1. The van der Waals surface area contributed by atoms with E-state index in [1.807, 2.05) is 0 Å². The standard InChI is InChI=1S/C10H20N4/c1-2-3-7-6-9(7)13-10(14-11)12-8-4-5-8/h7-9H,2-6,11H2,1H3,(H2,12,13,14). The summed E-state index contributed by atoms with van der Waals surface area (Å²) in [5.41, 5.74) is 2.65. The first-order valence-corrected chi connectivity index (χ1v) is 5.64. The van der Waals surface area contributed by atoms with Crippen LogP contribution in [0.25, 0.3) is 0 Å². The molecule has 80 valence electrons. The molecule has 0 aromatic rings. The Morgan fingerprint density at radius 1 is 1.50 bits per heavy atom. The molecule has 2 fully saturated rings. The minimum atomic E-state index is 0.521. The van der Waals surface area contributed by atoms with E-state index in [2.05, 4.69) is 22.7 Å². The molecule has 2 aliphatic carbocycles. The fraction of sp³-hybridized carbons (Fsp3) is 0.900. The second-order valence-corrected chi connectivity index (χ2v) is 4.39. The van der Waals surface area contributed by atoms with Crippen LogP contribution in [0.3, 0.4) is 0 Å². The quantitative estimate of drug-likeness (QED) is 0.269. The second kappa shape index (κ2) is 4.17. The predicted octanol–water partition coefficient (Wildman–Crippen LogP) is 0.746. The van der Waals surface area contributed by atoms with Crippen molar-refractivity contribution in [2.75, 3.05) is 0 Å². The van der Waals surface area contributed by atoms with E-state index in [1.165, 1.54) is 32.1 Å². The number of hydrogen-bond donors (Lipinski definition) is 3. The fourth-order valence-electron chi connectivity index (χ4n) is 1.77. The molecule has 2 saturated carbocycles. The van der Waals surface area contributed by atoms with Gasteiger partial charge in [0.1, 0.15) is 0 Å². The maximum absolute atomic E-state index is 5.40. The number of nitrogens with two attached hydrogens (primary N) is 1. The molecule has 0 amide bonds. The van der Waals surface area contributed by atoms with Gasteiger partial charge in [0, 0.05) is 6.04 Å². The predicted molar refractivity (Wildman–Crippen MR) is 57.7 cm³/mol. The highest BCUT2D eigenvalue weighted by Gasteiger charge is 2.36. The molecule has 0 aromatic heterocycles. The zero-order valence-corrected chi connectivity index (χ0v) is 8.79. The highest BCUT2D eigenvalue weighted by Crippen LogP contribution is 2.37. The molecule has 4 heteroatoms. The van der Waals surface area contributed by atoms with Crippen LogP contribution in [0, 0.1) is 5.92 Å². The van der Waals surface area contributed by atoms with Crippen molar-refractivity contribution in [3.63, 3.8) is 0 Å². The van der Waals surface area contributed by atoms with Gasteiger partial charge >= 0.3 is 0 Å². The van der Waals surface area contributed by atoms with Crippen molar-refractivity contribution in [1.29, 1.82) is 0 Å². The first-order chi connectivity index (χ1) is 6.83. The number of rotatable bonds is 4. The van der Waals surface area contributed by atoms with Gasteiger partial charge in [-0.15, -0.1) is 0 Å². The summed E-state index contributed by atoms with van der Waals surface area (Å²) in [5.74, 6) is 7.00. The summed E-state index contributed by atoms with van der Waals surface area (Å²) in [5, 5.41) is 3.29. The van der Waals surface area contributed by atoms with Gasteiger partial charge < -0.3 is 5.32 Å². The van der Waals surface area contributed by atoms with Crippen molar-refractivity contribution in [2.24, 2.45) is 16.8 Å². The molecule has 0 heterocycles. The summed E-state index contributed by atoms with van der Waals surface area (Å²) in [6.07, 6.45) is 6.31. The number of nitrogens with zero attached hydrogens (tertiary/aromatic N) is 1. The Bertz CT molecular complexity index is 222. The van der Waals surface area contributed by atoms with Crippen LogP contribution in [-0.4, -0.2) is 18.0 Å². The zero-order valence-electron chi connectivity index (χ0n) is 8.79. The minimum absolute atomic E-state index is 0.521. The van der Waals surface area contributed by atoms with Gasteiger partial charge in [-0.3, -0.25) is 5.43 Å². The maximum atomic E-state index is 5.40. The van der Waals surface area contributed by atoms with E-state index in [-0.39, 0.29) is 0 Å². The molecular weight excluding hydrogens is 176 g/mol. The third-order valence-corrected chi connectivity index (χ3v) is 2.89. The Kier molecular flexibility index (Phi) is 2.91. The van der Waals surface area contributed by atoms with Crippen LogP contribution in [0.4, 0.5) is 0 Å². The number of guanidine groups is 1. The van der Waals surface area contributed by atoms with Crippen LogP contribution >= 0.6 is 0 Å². The summed E-state index contributed by atoms with van der Waals surface area (Å²) in [6, 6.07) is 1.14. The normalized spacial score (nSPS) is 31.4. The van der Waals surface area contributed by atoms with Gasteiger partial charge in [0.15, 0.2) is 0 Å². The highest BCUT2D eigenvalue weighted by atomic mass is 15.3. The molecular formula is C10H20N4. The Labute approximate surface area is 85.3 Å². The summed E-state index contributed by atoms with van der Waals surface area (Å²) < 4.78 is 0. The van der Waals surface area contributed by atoms with E-state index in [1.54, 1.807) is 0 Å². The molecule has 0 spiro atoms. The Hall–Kier alpha value is -0.770.